The van der Waals surface area contributed by atoms with E-state index in [1.165, 1.54) is 0 Å². The minimum absolute atomic E-state index is 0.419. The molecule has 3 nitrogen and oxygen atoms in total. The number of nitrogens with zero attached hydrogens (tertiary/aromatic N) is 1. The van der Waals surface area contributed by atoms with E-state index in [0.717, 1.165) is 17.1 Å². The molecule has 0 unspecified atom stereocenters. The van der Waals surface area contributed by atoms with Gasteiger partial charge in [-0.25, -0.2) is 0 Å². The molecule has 2 rings (SSSR count). The molecule has 3 heteroatoms. The molecule has 0 radical (unpaired) electrons. The van der Waals surface area contributed by atoms with Crippen LogP contribution in [0.2, 0.25) is 0 Å². The van der Waals surface area contributed by atoms with Crippen molar-refractivity contribution in [2.75, 3.05) is 5.73 Å². The number of benzene rings is 2. The first-order chi connectivity index (χ1) is 8.28. The maximum Gasteiger partial charge on any atom is 0.127 e. The Labute approximate surface area is 100 Å². The van der Waals surface area contributed by atoms with E-state index in [2.05, 4.69) is 6.07 Å². The number of ether oxygens (including phenoxy) is 1. The highest BCUT2D eigenvalue weighted by atomic mass is 16.5. The standard InChI is InChI=1S/C14H12N2O/c15-10-9-11-1-5-13(6-2-11)17-14-7-3-12(16)4-8-14/h1-8H,9,16H2. The average Bonchev–Trinajstić information content (AvgIpc) is 2.35. The molecule has 0 aliphatic heterocycles. The van der Waals surface area contributed by atoms with E-state index >= 15 is 0 Å². The molecular weight excluding hydrogens is 212 g/mol. The fraction of sp³-hybridized carbons (Fsp3) is 0.0714. The highest BCUT2D eigenvalue weighted by Gasteiger charge is 1.97. The van der Waals surface area contributed by atoms with Crippen LogP contribution in [0.3, 0.4) is 0 Å². The van der Waals surface area contributed by atoms with Crippen molar-refractivity contribution in [1.29, 1.82) is 5.26 Å². The van der Waals surface area contributed by atoms with Crippen LogP contribution in [0, 0.1) is 11.3 Å². The minimum atomic E-state index is 0.419. The number of hydrogen-bond acceptors (Lipinski definition) is 3. The summed E-state index contributed by atoms with van der Waals surface area (Å²) in [5.41, 5.74) is 7.28. The molecule has 0 bridgehead atoms. The summed E-state index contributed by atoms with van der Waals surface area (Å²) in [5.74, 6) is 1.49. The van der Waals surface area contributed by atoms with Gasteiger partial charge in [-0.05, 0) is 42.0 Å². The van der Waals surface area contributed by atoms with Crippen LogP contribution in [0.5, 0.6) is 11.5 Å². The Bertz CT molecular complexity index is 524. The van der Waals surface area contributed by atoms with E-state index in [1.807, 2.05) is 36.4 Å². The molecule has 0 saturated heterocycles. The lowest BCUT2D eigenvalue weighted by molar-refractivity contribution is 0.482. The first-order valence-corrected chi connectivity index (χ1v) is 5.27. The molecule has 0 aliphatic rings. The van der Waals surface area contributed by atoms with Crippen molar-refractivity contribution >= 4 is 5.69 Å². The summed E-state index contributed by atoms with van der Waals surface area (Å²) >= 11 is 0. The van der Waals surface area contributed by atoms with Gasteiger partial charge < -0.3 is 10.5 Å². The van der Waals surface area contributed by atoms with Gasteiger partial charge in [0.15, 0.2) is 0 Å². The Hall–Kier alpha value is -2.47. The summed E-state index contributed by atoms with van der Waals surface area (Å²) in [7, 11) is 0. The Balaban J connectivity index is 2.09. The molecule has 0 amide bonds. The van der Waals surface area contributed by atoms with Crippen molar-refractivity contribution in [3.8, 4) is 17.6 Å². The smallest absolute Gasteiger partial charge is 0.127 e. The van der Waals surface area contributed by atoms with Crippen molar-refractivity contribution in [1.82, 2.24) is 0 Å². The molecule has 0 fully saturated rings. The van der Waals surface area contributed by atoms with Gasteiger partial charge in [0.2, 0.25) is 0 Å². The van der Waals surface area contributed by atoms with Crippen molar-refractivity contribution in [3.05, 3.63) is 54.1 Å². The Kier molecular flexibility index (Phi) is 3.27. The number of nitrogens with two attached hydrogens (primary N) is 1. The normalized spacial score (nSPS) is 9.59. The van der Waals surface area contributed by atoms with Gasteiger partial charge in [-0.15, -0.1) is 0 Å². The molecule has 0 aliphatic carbocycles. The minimum Gasteiger partial charge on any atom is -0.457 e. The van der Waals surface area contributed by atoms with Crippen LogP contribution in [-0.2, 0) is 6.42 Å². The molecule has 0 saturated carbocycles. The highest BCUT2D eigenvalue weighted by Crippen LogP contribution is 2.22. The van der Waals surface area contributed by atoms with Crippen LogP contribution in [0.25, 0.3) is 0 Å². The van der Waals surface area contributed by atoms with Crippen molar-refractivity contribution < 1.29 is 4.74 Å². The number of rotatable bonds is 3. The van der Waals surface area contributed by atoms with Gasteiger partial charge in [-0.1, -0.05) is 12.1 Å². The van der Waals surface area contributed by atoms with E-state index in [9.17, 15) is 0 Å². The summed E-state index contributed by atoms with van der Waals surface area (Å²) in [6.45, 7) is 0. The summed E-state index contributed by atoms with van der Waals surface area (Å²) in [4.78, 5) is 0. The Morgan fingerprint density at radius 2 is 1.47 bits per heavy atom. The van der Waals surface area contributed by atoms with Gasteiger partial charge in [-0.3, -0.25) is 0 Å². The van der Waals surface area contributed by atoms with E-state index in [-0.39, 0.29) is 0 Å². The Morgan fingerprint density at radius 1 is 0.941 bits per heavy atom. The van der Waals surface area contributed by atoms with Gasteiger partial charge in [0, 0.05) is 5.69 Å². The quantitative estimate of drug-likeness (QED) is 0.815. The van der Waals surface area contributed by atoms with Crippen molar-refractivity contribution in [2.45, 2.75) is 6.42 Å². The van der Waals surface area contributed by atoms with Crippen LogP contribution in [0.1, 0.15) is 5.56 Å². The highest BCUT2D eigenvalue weighted by molar-refractivity contribution is 5.43. The molecule has 0 heterocycles. The molecule has 0 aromatic heterocycles. The Morgan fingerprint density at radius 3 is 2.00 bits per heavy atom. The summed E-state index contributed by atoms with van der Waals surface area (Å²) < 4.78 is 5.63. The number of nitriles is 1. The first-order valence-electron chi connectivity index (χ1n) is 5.27. The zero-order valence-electron chi connectivity index (χ0n) is 9.26. The van der Waals surface area contributed by atoms with Gasteiger partial charge in [-0.2, -0.15) is 5.26 Å². The monoisotopic (exact) mass is 224 g/mol. The lowest BCUT2D eigenvalue weighted by Gasteiger charge is -2.06. The fourth-order valence-electron chi connectivity index (χ4n) is 1.44. The van der Waals surface area contributed by atoms with Crippen LogP contribution in [0.15, 0.2) is 48.5 Å². The summed E-state index contributed by atoms with van der Waals surface area (Å²) in [5, 5.41) is 8.56. The average molecular weight is 224 g/mol. The second-order valence-electron chi connectivity index (χ2n) is 3.65. The number of nitrogen functional groups attached to an aromatic ring is 1. The molecule has 0 atom stereocenters. The molecular formula is C14H12N2O. The third-order valence-electron chi connectivity index (χ3n) is 2.32. The lowest BCUT2D eigenvalue weighted by Crippen LogP contribution is -1.87. The molecule has 0 spiro atoms. The van der Waals surface area contributed by atoms with Crippen LogP contribution < -0.4 is 10.5 Å². The van der Waals surface area contributed by atoms with Crippen LogP contribution in [0.4, 0.5) is 5.69 Å². The maximum atomic E-state index is 8.56. The second-order valence-corrected chi connectivity index (χ2v) is 3.65. The predicted octanol–water partition coefficient (Wildman–Crippen LogP) is 3.13. The van der Waals surface area contributed by atoms with E-state index in [1.54, 1.807) is 12.1 Å². The second kappa shape index (κ2) is 5.04. The SMILES string of the molecule is N#CCc1ccc(Oc2ccc(N)cc2)cc1. The van der Waals surface area contributed by atoms with Crippen LogP contribution >= 0.6 is 0 Å². The van der Waals surface area contributed by atoms with Gasteiger partial charge in [0.05, 0.1) is 12.5 Å². The van der Waals surface area contributed by atoms with Gasteiger partial charge >= 0.3 is 0 Å². The maximum absolute atomic E-state index is 8.56. The third-order valence-corrected chi connectivity index (χ3v) is 2.32. The fourth-order valence-corrected chi connectivity index (χ4v) is 1.44. The molecule has 17 heavy (non-hydrogen) atoms. The van der Waals surface area contributed by atoms with E-state index in [4.69, 9.17) is 15.7 Å². The third kappa shape index (κ3) is 2.99. The largest absolute Gasteiger partial charge is 0.457 e. The van der Waals surface area contributed by atoms with Crippen molar-refractivity contribution in [2.24, 2.45) is 0 Å². The summed E-state index contributed by atoms with van der Waals surface area (Å²) in [6.07, 6.45) is 0.419. The first kappa shape index (κ1) is 11.0. The zero-order chi connectivity index (χ0) is 12.1. The van der Waals surface area contributed by atoms with Crippen molar-refractivity contribution in [3.63, 3.8) is 0 Å². The van der Waals surface area contributed by atoms with E-state index in [0.29, 0.717) is 12.1 Å². The lowest BCUT2D eigenvalue weighted by atomic mass is 10.2. The molecule has 2 aromatic carbocycles. The van der Waals surface area contributed by atoms with Gasteiger partial charge in [0.25, 0.3) is 0 Å². The number of anilines is 1. The van der Waals surface area contributed by atoms with Crippen LogP contribution in [-0.4, -0.2) is 0 Å². The molecule has 84 valence electrons. The summed E-state index contributed by atoms with van der Waals surface area (Å²) in [6, 6.07) is 16.8. The topological polar surface area (TPSA) is 59.0 Å². The zero-order valence-corrected chi connectivity index (χ0v) is 9.26. The van der Waals surface area contributed by atoms with E-state index < -0.39 is 0 Å². The molecule has 2 aromatic rings. The molecule has 2 N–H and O–H groups in total. The predicted molar refractivity (Wildman–Crippen MR) is 66.7 cm³/mol. The number of hydrogen-bond donors (Lipinski definition) is 1. The van der Waals surface area contributed by atoms with Gasteiger partial charge in [0.1, 0.15) is 11.5 Å².